The molecule has 0 aliphatic heterocycles. The van der Waals surface area contributed by atoms with Crippen molar-refractivity contribution in [2.45, 2.75) is 72.0 Å². The topological polar surface area (TPSA) is 137 Å². The van der Waals surface area contributed by atoms with Crippen LogP contribution in [0.25, 0.3) is 0 Å². The Morgan fingerprint density at radius 1 is 1.15 bits per heavy atom. The molecule has 1 unspecified atom stereocenters. The van der Waals surface area contributed by atoms with Crippen molar-refractivity contribution in [1.82, 2.24) is 10.6 Å². The van der Waals surface area contributed by atoms with E-state index in [1.807, 2.05) is 6.92 Å². The number of hydrogen-bond donors (Lipinski definition) is 2. The largest absolute Gasteiger partial charge is 0.461 e. The van der Waals surface area contributed by atoms with E-state index in [-0.39, 0.29) is 37.1 Å². The number of nitrogens with zero attached hydrogens (tertiary/aromatic N) is 1. The fourth-order valence-electron chi connectivity index (χ4n) is 2.87. The molecule has 1 aromatic carbocycles. The Morgan fingerprint density at radius 2 is 1.85 bits per heavy atom. The van der Waals surface area contributed by atoms with Crippen molar-refractivity contribution >= 4 is 23.7 Å². The highest BCUT2D eigenvalue weighted by atomic mass is 16.6. The van der Waals surface area contributed by atoms with Crippen LogP contribution >= 0.6 is 0 Å². The number of benzene rings is 1. The Bertz CT molecular complexity index is 811. The summed E-state index contributed by atoms with van der Waals surface area (Å²) >= 11 is 0. The molecule has 2 amide bonds. The number of amides is 2. The molecule has 0 bridgehead atoms. The number of para-hydroxylation sites is 1. The monoisotopic (exact) mass is 465 g/mol. The average molecular weight is 466 g/mol. The summed E-state index contributed by atoms with van der Waals surface area (Å²) in [6, 6.07) is 6.06. The maximum atomic E-state index is 12.4. The van der Waals surface area contributed by atoms with E-state index in [1.165, 1.54) is 12.1 Å². The predicted octanol–water partition coefficient (Wildman–Crippen LogP) is 3.87. The minimum atomic E-state index is -0.604. The summed E-state index contributed by atoms with van der Waals surface area (Å²) in [5.41, 5.74) is -0.414. The second-order valence-corrected chi connectivity index (χ2v) is 8.35. The van der Waals surface area contributed by atoms with Crippen molar-refractivity contribution in [3.05, 3.63) is 39.9 Å². The van der Waals surface area contributed by atoms with E-state index in [0.29, 0.717) is 37.8 Å². The molecule has 0 aromatic heterocycles. The lowest BCUT2D eigenvalue weighted by molar-refractivity contribution is -0.385. The van der Waals surface area contributed by atoms with Crippen LogP contribution in [0, 0.1) is 16.0 Å². The first-order valence-corrected chi connectivity index (χ1v) is 11.2. The second-order valence-electron chi connectivity index (χ2n) is 8.35. The summed E-state index contributed by atoms with van der Waals surface area (Å²) in [6.45, 7) is 7.73. The number of alkyl carbamates (subject to hydrolysis) is 1. The van der Waals surface area contributed by atoms with Gasteiger partial charge in [-0.3, -0.25) is 19.7 Å². The van der Waals surface area contributed by atoms with Gasteiger partial charge in [0, 0.05) is 25.6 Å². The molecule has 2 N–H and O–H groups in total. The molecule has 0 saturated heterocycles. The fraction of sp³-hybridized carbons (Fsp3) is 0.609. The van der Waals surface area contributed by atoms with Gasteiger partial charge in [-0.1, -0.05) is 26.0 Å². The zero-order valence-electron chi connectivity index (χ0n) is 19.8. The molecular weight excluding hydrogens is 430 g/mol. The summed E-state index contributed by atoms with van der Waals surface area (Å²) in [7, 11) is 0. The van der Waals surface area contributed by atoms with Crippen LogP contribution in [0.15, 0.2) is 24.3 Å². The second kappa shape index (κ2) is 14.1. The quantitative estimate of drug-likeness (QED) is 0.184. The lowest BCUT2D eigenvalue weighted by Gasteiger charge is -2.24. The molecule has 10 nitrogen and oxygen atoms in total. The standard InChI is InChI=1S/C23H35N3O7/c1-5-20(27)24-13-9-10-17(15-25-22(29)33-23(3,4)6-2)14-21(28)32-16-18-11-7-8-12-19(18)26(30)31/h7-8,11-12,17H,5-6,9-10,13-16H2,1-4H3,(H,24,27)(H,25,29). The lowest BCUT2D eigenvalue weighted by atomic mass is 9.99. The smallest absolute Gasteiger partial charge is 0.407 e. The van der Waals surface area contributed by atoms with Gasteiger partial charge in [0.1, 0.15) is 12.2 Å². The van der Waals surface area contributed by atoms with E-state index >= 15 is 0 Å². The minimum Gasteiger partial charge on any atom is -0.461 e. The Morgan fingerprint density at radius 3 is 2.48 bits per heavy atom. The van der Waals surface area contributed by atoms with Gasteiger partial charge in [0.25, 0.3) is 5.69 Å². The molecule has 10 heteroatoms. The van der Waals surface area contributed by atoms with Crippen LogP contribution < -0.4 is 10.6 Å². The van der Waals surface area contributed by atoms with Crippen molar-refractivity contribution in [3.8, 4) is 0 Å². The summed E-state index contributed by atoms with van der Waals surface area (Å²) in [5.74, 6) is -0.835. The number of ether oxygens (including phenoxy) is 2. The van der Waals surface area contributed by atoms with E-state index in [9.17, 15) is 24.5 Å². The van der Waals surface area contributed by atoms with Gasteiger partial charge in [-0.05, 0) is 45.1 Å². The van der Waals surface area contributed by atoms with Crippen molar-refractivity contribution in [1.29, 1.82) is 0 Å². The number of hydrogen-bond acceptors (Lipinski definition) is 7. The van der Waals surface area contributed by atoms with Crippen LogP contribution in [0.1, 0.15) is 65.4 Å². The minimum absolute atomic E-state index is 0.0137. The Kier molecular flexibility index (Phi) is 11.9. The van der Waals surface area contributed by atoms with Gasteiger partial charge in [0.15, 0.2) is 0 Å². The number of rotatable bonds is 14. The van der Waals surface area contributed by atoms with E-state index in [4.69, 9.17) is 9.47 Å². The van der Waals surface area contributed by atoms with Crippen molar-refractivity contribution < 1.29 is 28.8 Å². The Hall–Kier alpha value is -3.17. The molecule has 0 saturated carbocycles. The SMILES string of the molecule is CCC(=O)NCCCC(CNC(=O)OC(C)(C)CC)CC(=O)OCc1ccccc1[N+](=O)[O-]. The number of nitro groups is 1. The van der Waals surface area contributed by atoms with Crippen LogP contribution in [-0.4, -0.2) is 41.6 Å². The molecule has 0 fully saturated rings. The maximum Gasteiger partial charge on any atom is 0.407 e. The van der Waals surface area contributed by atoms with Crippen LogP contribution in [0.5, 0.6) is 0 Å². The highest BCUT2D eigenvalue weighted by Crippen LogP contribution is 2.20. The van der Waals surface area contributed by atoms with E-state index in [0.717, 1.165) is 0 Å². The fourth-order valence-corrected chi connectivity index (χ4v) is 2.87. The zero-order valence-corrected chi connectivity index (χ0v) is 19.8. The summed E-state index contributed by atoms with van der Waals surface area (Å²) < 4.78 is 10.6. The van der Waals surface area contributed by atoms with Gasteiger partial charge in [-0.2, -0.15) is 0 Å². The lowest BCUT2D eigenvalue weighted by Crippen LogP contribution is -2.37. The Labute approximate surface area is 194 Å². The van der Waals surface area contributed by atoms with Crippen LogP contribution in [0.2, 0.25) is 0 Å². The average Bonchev–Trinajstić information content (AvgIpc) is 2.78. The normalized spacial score (nSPS) is 11.9. The summed E-state index contributed by atoms with van der Waals surface area (Å²) in [6.07, 6.45) is 1.66. The van der Waals surface area contributed by atoms with Gasteiger partial charge in [-0.15, -0.1) is 0 Å². The summed E-state index contributed by atoms with van der Waals surface area (Å²) in [5, 5.41) is 16.6. The van der Waals surface area contributed by atoms with E-state index < -0.39 is 22.6 Å². The van der Waals surface area contributed by atoms with Crippen molar-refractivity contribution in [2.75, 3.05) is 13.1 Å². The van der Waals surface area contributed by atoms with Gasteiger partial charge in [-0.25, -0.2) is 4.79 Å². The van der Waals surface area contributed by atoms with Crippen LogP contribution in [0.4, 0.5) is 10.5 Å². The highest BCUT2D eigenvalue weighted by Gasteiger charge is 2.22. The third kappa shape index (κ3) is 11.3. The zero-order chi connectivity index (χ0) is 24.9. The van der Waals surface area contributed by atoms with Crippen molar-refractivity contribution in [2.24, 2.45) is 5.92 Å². The molecule has 0 heterocycles. The van der Waals surface area contributed by atoms with E-state index in [2.05, 4.69) is 10.6 Å². The molecule has 0 aliphatic rings. The molecule has 1 atom stereocenters. The van der Waals surface area contributed by atoms with E-state index in [1.54, 1.807) is 32.9 Å². The first-order valence-electron chi connectivity index (χ1n) is 11.2. The molecule has 33 heavy (non-hydrogen) atoms. The van der Waals surface area contributed by atoms with Gasteiger partial charge >= 0.3 is 12.1 Å². The molecule has 1 rings (SSSR count). The molecule has 0 aliphatic carbocycles. The number of carbonyl (C=O) groups excluding carboxylic acids is 3. The summed E-state index contributed by atoms with van der Waals surface area (Å²) in [4.78, 5) is 46.5. The number of esters is 1. The molecule has 1 aromatic rings. The van der Waals surface area contributed by atoms with Gasteiger partial charge in [0.05, 0.1) is 16.9 Å². The first kappa shape index (κ1) is 27.9. The third-order valence-electron chi connectivity index (χ3n) is 5.22. The first-order chi connectivity index (χ1) is 15.6. The molecule has 0 spiro atoms. The Balaban J connectivity index is 2.65. The van der Waals surface area contributed by atoms with Gasteiger partial charge in [0.2, 0.25) is 5.91 Å². The van der Waals surface area contributed by atoms with Gasteiger partial charge < -0.3 is 20.1 Å². The molecular formula is C23H35N3O7. The predicted molar refractivity (Wildman–Crippen MR) is 122 cm³/mol. The molecule has 0 radical (unpaired) electrons. The number of nitrogens with one attached hydrogen (secondary N) is 2. The number of nitro benzene ring substituents is 1. The van der Waals surface area contributed by atoms with Crippen LogP contribution in [0.3, 0.4) is 0 Å². The maximum absolute atomic E-state index is 12.4. The molecule has 184 valence electrons. The number of carbonyl (C=O) groups is 3. The highest BCUT2D eigenvalue weighted by molar-refractivity contribution is 5.75. The van der Waals surface area contributed by atoms with Crippen LogP contribution in [-0.2, 0) is 25.7 Å². The third-order valence-corrected chi connectivity index (χ3v) is 5.22. The van der Waals surface area contributed by atoms with Crippen molar-refractivity contribution in [3.63, 3.8) is 0 Å².